The van der Waals surface area contributed by atoms with Gasteiger partial charge in [-0.3, -0.25) is 0 Å². The van der Waals surface area contributed by atoms with E-state index in [2.05, 4.69) is 43.3 Å². The van der Waals surface area contributed by atoms with Crippen molar-refractivity contribution in [2.24, 2.45) is 5.73 Å². The van der Waals surface area contributed by atoms with E-state index in [-0.39, 0.29) is 0 Å². The van der Waals surface area contributed by atoms with E-state index < -0.39 is 0 Å². The second kappa shape index (κ2) is 6.73. The molecule has 2 aromatic carbocycles. The van der Waals surface area contributed by atoms with Crippen LogP contribution in [0.4, 0.5) is 0 Å². The summed E-state index contributed by atoms with van der Waals surface area (Å²) in [4.78, 5) is 0.458. The third-order valence-corrected chi connectivity index (χ3v) is 4.31. The average molecular weight is 287 g/mol. The molecule has 0 saturated heterocycles. The molecule has 0 fully saturated rings. The van der Waals surface area contributed by atoms with Gasteiger partial charge in [0.15, 0.2) is 0 Å². The van der Waals surface area contributed by atoms with Gasteiger partial charge in [-0.1, -0.05) is 60.7 Å². The smallest absolute Gasteiger partial charge is 0.103 e. The Bertz CT molecular complexity index is 561. The first-order chi connectivity index (χ1) is 9.16. The lowest BCUT2D eigenvalue weighted by molar-refractivity contribution is 1.30. The van der Waals surface area contributed by atoms with Crippen molar-refractivity contribution in [2.75, 3.05) is 0 Å². The minimum absolute atomic E-state index is 0.458. The predicted octanol–water partition coefficient (Wildman–Crippen LogP) is 4.06. The summed E-state index contributed by atoms with van der Waals surface area (Å²) in [5.41, 5.74) is 10.6. The Labute approximate surface area is 124 Å². The van der Waals surface area contributed by atoms with Gasteiger partial charge in [0.25, 0.3) is 0 Å². The number of hydrogen-bond acceptors (Lipinski definition) is 2. The van der Waals surface area contributed by atoms with E-state index in [1.165, 1.54) is 16.7 Å². The molecule has 0 spiro atoms. The third-order valence-electron chi connectivity index (χ3n) is 3.03. The zero-order chi connectivity index (χ0) is 13.7. The molecule has 0 aliphatic rings. The number of benzene rings is 2. The maximum Gasteiger partial charge on any atom is 0.103 e. The molecule has 0 aliphatic carbocycles. The number of aryl methyl sites for hydroxylation is 1. The second-order valence-corrected chi connectivity index (χ2v) is 5.91. The van der Waals surface area contributed by atoms with Gasteiger partial charge in [-0.15, -0.1) is 0 Å². The van der Waals surface area contributed by atoms with Crippen LogP contribution in [0.5, 0.6) is 0 Å². The molecule has 0 aliphatic heterocycles. The molecule has 2 N–H and O–H groups in total. The van der Waals surface area contributed by atoms with Crippen LogP contribution in [0, 0.1) is 6.92 Å². The van der Waals surface area contributed by atoms with Gasteiger partial charge in [0.1, 0.15) is 4.99 Å². The van der Waals surface area contributed by atoms with E-state index in [0.717, 1.165) is 17.1 Å². The topological polar surface area (TPSA) is 26.0 Å². The molecule has 0 bridgehead atoms. The fourth-order valence-corrected chi connectivity index (χ4v) is 3.03. The summed E-state index contributed by atoms with van der Waals surface area (Å²) in [5, 5.41) is 0. The van der Waals surface area contributed by atoms with E-state index in [1.807, 2.05) is 23.9 Å². The SMILES string of the molecule is Cc1ccccc1CSCc1ccc(C(N)=S)cc1. The van der Waals surface area contributed by atoms with E-state index in [1.54, 1.807) is 0 Å². The lowest BCUT2D eigenvalue weighted by Crippen LogP contribution is -2.08. The van der Waals surface area contributed by atoms with Crippen LogP contribution >= 0.6 is 24.0 Å². The van der Waals surface area contributed by atoms with Gasteiger partial charge in [-0.25, -0.2) is 0 Å². The Balaban J connectivity index is 1.89. The molecule has 2 aromatic rings. The molecule has 0 atom stereocenters. The highest BCUT2D eigenvalue weighted by Crippen LogP contribution is 2.20. The van der Waals surface area contributed by atoms with Crippen molar-refractivity contribution in [3.8, 4) is 0 Å². The molecular weight excluding hydrogens is 270 g/mol. The van der Waals surface area contributed by atoms with Crippen molar-refractivity contribution >= 4 is 29.0 Å². The maximum atomic E-state index is 5.58. The van der Waals surface area contributed by atoms with E-state index >= 15 is 0 Å². The molecule has 0 unspecified atom stereocenters. The highest BCUT2D eigenvalue weighted by atomic mass is 32.2. The first-order valence-corrected chi connectivity index (χ1v) is 7.74. The van der Waals surface area contributed by atoms with Gasteiger partial charge in [-0.05, 0) is 23.6 Å². The molecule has 3 heteroatoms. The van der Waals surface area contributed by atoms with Crippen molar-refractivity contribution in [1.82, 2.24) is 0 Å². The van der Waals surface area contributed by atoms with Crippen LogP contribution in [0.1, 0.15) is 22.3 Å². The highest BCUT2D eigenvalue weighted by Gasteiger charge is 2.00. The first kappa shape index (κ1) is 14.1. The number of rotatable bonds is 5. The standard InChI is InChI=1S/C16H17NS2/c1-12-4-2-3-5-15(12)11-19-10-13-6-8-14(9-7-13)16(17)18/h2-9H,10-11H2,1H3,(H2,17,18). The van der Waals surface area contributed by atoms with Gasteiger partial charge in [0.05, 0.1) is 0 Å². The summed E-state index contributed by atoms with van der Waals surface area (Å²) < 4.78 is 0. The van der Waals surface area contributed by atoms with Gasteiger partial charge >= 0.3 is 0 Å². The van der Waals surface area contributed by atoms with Crippen molar-refractivity contribution in [2.45, 2.75) is 18.4 Å². The largest absolute Gasteiger partial charge is 0.389 e. The Morgan fingerprint density at radius 1 is 1.05 bits per heavy atom. The monoisotopic (exact) mass is 287 g/mol. The van der Waals surface area contributed by atoms with E-state index in [9.17, 15) is 0 Å². The van der Waals surface area contributed by atoms with Crippen LogP contribution in [0.2, 0.25) is 0 Å². The van der Waals surface area contributed by atoms with Gasteiger partial charge in [0, 0.05) is 17.1 Å². The summed E-state index contributed by atoms with van der Waals surface area (Å²) in [6.07, 6.45) is 0. The zero-order valence-electron chi connectivity index (χ0n) is 10.9. The van der Waals surface area contributed by atoms with Crippen molar-refractivity contribution < 1.29 is 0 Å². The molecule has 0 amide bonds. The zero-order valence-corrected chi connectivity index (χ0v) is 12.6. The summed E-state index contributed by atoms with van der Waals surface area (Å²) in [5.74, 6) is 2.05. The predicted molar refractivity (Wildman–Crippen MR) is 88.5 cm³/mol. The number of hydrogen-bond donors (Lipinski definition) is 1. The third kappa shape index (κ3) is 4.08. The molecule has 0 heterocycles. The van der Waals surface area contributed by atoms with Gasteiger partial charge in [-0.2, -0.15) is 11.8 Å². The summed E-state index contributed by atoms with van der Waals surface area (Å²) in [7, 11) is 0. The summed E-state index contributed by atoms with van der Waals surface area (Å²) in [6.45, 7) is 2.16. The number of nitrogens with two attached hydrogens (primary N) is 1. The molecule has 0 saturated carbocycles. The van der Waals surface area contributed by atoms with Crippen LogP contribution in [-0.4, -0.2) is 4.99 Å². The Morgan fingerprint density at radius 3 is 2.37 bits per heavy atom. The minimum atomic E-state index is 0.458. The first-order valence-electron chi connectivity index (χ1n) is 6.18. The van der Waals surface area contributed by atoms with Crippen LogP contribution in [0.15, 0.2) is 48.5 Å². The van der Waals surface area contributed by atoms with E-state index in [0.29, 0.717) is 4.99 Å². The molecule has 0 aromatic heterocycles. The molecular formula is C16H17NS2. The normalized spacial score (nSPS) is 10.4. The minimum Gasteiger partial charge on any atom is -0.389 e. The van der Waals surface area contributed by atoms with Crippen molar-refractivity contribution in [1.29, 1.82) is 0 Å². The number of thioether (sulfide) groups is 1. The quantitative estimate of drug-likeness (QED) is 0.840. The van der Waals surface area contributed by atoms with Crippen molar-refractivity contribution in [3.63, 3.8) is 0 Å². The van der Waals surface area contributed by atoms with E-state index in [4.69, 9.17) is 18.0 Å². The Hall–Kier alpha value is -1.32. The highest BCUT2D eigenvalue weighted by molar-refractivity contribution is 7.97. The summed E-state index contributed by atoms with van der Waals surface area (Å²) in [6, 6.07) is 16.7. The second-order valence-electron chi connectivity index (χ2n) is 4.48. The lowest BCUT2D eigenvalue weighted by atomic mass is 10.1. The Morgan fingerprint density at radius 2 is 1.74 bits per heavy atom. The lowest BCUT2D eigenvalue weighted by Gasteiger charge is -2.06. The molecule has 98 valence electrons. The maximum absolute atomic E-state index is 5.58. The molecule has 1 nitrogen and oxygen atoms in total. The number of thiocarbonyl (C=S) groups is 1. The van der Waals surface area contributed by atoms with Crippen molar-refractivity contribution in [3.05, 3.63) is 70.8 Å². The van der Waals surface area contributed by atoms with Gasteiger partial charge < -0.3 is 5.73 Å². The molecule has 2 rings (SSSR count). The Kier molecular flexibility index (Phi) is 5.00. The average Bonchev–Trinajstić information content (AvgIpc) is 2.41. The molecule has 19 heavy (non-hydrogen) atoms. The van der Waals surface area contributed by atoms with Crippen LogP contribution in [0.3, 0.4) is 0 Å². The van der Waals surface area contributed by atoms with Crippen LogP contribution < -0.4 is 5.73 Å². The fraction of sp³-hybridized carbons (Fsp3) is 0.188. The van der Waals surface area contributed by atoms with Gasteiger partial charge in [0.2, 0.25) is 0 Å². The summed E-state index contributed by atoms with van der Waals surface area (Å²) >= 11 is 6.87. The van der Waals surface area contributed by atoms with Crippen LogP contribution in [0.25, 0.3) is 0 Å². The molecule has 0 radical (unpaired) electrons. The fourth-order valence-electron chi connectivity index (χ4n) is 1.82. The van der Waals surface area contributed by atoms with Crippen LogP contribution in [-0.2, 0) is 11.5 Å².